The van der Waals surface area contributed by atoms with Gasteiger partial charge in [-0.15, -0.1) is 0 Å². The Bertz CT molecular complexity index is 1340. The van der Waals surface area contributed by atoms with Crippen LogP contribution >= 0.6 is 11.6 Å². The average Bonchev–Trinajstić information content (AvgIpc) is 2.88. The third-order valence-electron chi connectivity index (χ3n) is 6.03. The van der Waals surface area contributed by atoms with E-state index in [4.69, 9.17) is 11.6 Å². The Morgan fingerprint density at radius 1 is 0.974 bits per heavy atom. The Hall–Kier alpha value is -3.43. The molecule has 0 spiro atoms. The van der Waals surface area contributed by atoms with Crippen molar-refractivity contribution in [1.82, 2.24) is 10.2 Å². The fourth-order valence-corrected chi connectivity index (χ4v) is 5.34. The van der Waals surface area contributed by atoms with E-state index in [-0.39, 0.29) is 37.7 Å². The number of likely N-dealkylation sites (N-methyl/N-ethyl adjacent to an activating group) is 1. The van der Waals surface area contributed by atoms with Crippen LogP contribution in [-0.4, -0.2) is 51.0 Å². The molecule has 1 atom stereocenters. The molecule has 7 nitrogen and oxygen atoms in total. The first kappa shape index (κ1) is 29.1. The first-order valence-corrected chi connectivity index (χ1v) is 14.3. The maximum absolute atomic E-state index is 13.6. The van der Waals surface area contributed by atoms with Gasteiger partial charge >= 0.3 is 0 Å². The van der Waals surface area contributed by atoms with Crippen LogP contribution in [0.3, 0.4) is 0 Å². The molecule has 0 radical (unpaired) electrons. The van der Waals surface area contributed by atoms with Crippen molar-refractivity contribution in [3.8, 4) is 0 Å². The van der Waals surface area contributed by atoms with Gasteiger partial charge in [-0.3, -0.25) is 13.9 Å². The van der Waals surface area contributed by atoms with Crippen molar-refractivity contribution in [3.05, 3.63) is 101 Å². The lowest BCUT2D eigenvalue weighted by Crippen LogP contribution is -2.49. The molecule has 1 N–H and O–H groups in total. The maximum atomic E-state index is 13.6. The highest BCUT2D eigenvalue weighted by Crippen LogP contribution is 2.21. The van der Waals surface area contributed by atoms with Crippen LogP contribution in [0.25, 0.3) is 0 Å². The third kappa shape index (κ3) is 8.29. The Morgan fingerprint density at radius 3 is 2.24 bits per heavy atom. The minimum atomic E-state index is -3.67. The summed E-state index contributed by atoms with van der Waals surface area (Å²) in [5.74, 6) is -1.09. The second-order valence-corrected chi connectivity index (χ2v) is 11.2. The first-order chi connectivity index (χ1) is 18.1. The minimum Gasteiger partial charge on any atom is -0.357 e. The van der Waals surface area contributed by atoms with E-state index in [1.807, 2.05) is 36.4 Å². The number of benzene rings is 3. The van der Waals surface area contributed by atoms with Crippen LogP contribution in [0.4, 0.5) is 10.1 Å². The van der Waals surface area contributed by atoms with Gasteiger partial charge in [0.2, 0.25) is 21.8 Å². The molecule has 0 fully saturated rings. The first-order valence-electron chi connectivity index (χ1n) is 12.1. The van der Waals surface area contributed by atoms with E-state index in [0.717, 1.165) is 21.7 Å². The summed E-state index contributed by atoms with van der Waals surface area (Å²) in [7, 11) is -2.15. The number of sulfonamides is 1. The largest absolute Gasteiger partial charge is 0.357 e. The molecule has 0 aliphatic carbocycles. The Morgan fingerprint density at radius 2 is 1.63 bits per heavy atom. The van der Waals surface area contributed by atoms with Crippen LogP contribution in [0.1, 0.15) is 24.0 Å². The lowest BCUT2D eigenvalue weighted by molar-refractivity contribution is -0.141. The number of nitrogens with one attached hydrogen (secondary N) is 1. The third-order valence-corrected chi connectivity index (χ3v) is 7.46. The van der Waals surface area contributed by atoms with E-state index in [1.165, 1.54) is 36.2 Å². The maximum Gasteiger partial charge on any atom is 0.242 e. The number of anilines is 1. The van der Waals surface area contributed by atoms with Crippen molar-refractivity contribution < 1.29 is 22.4 Å². The Kier molecular flexibility index (Phi) is 10.3. The van der Waals surface area contributed by atoms with Gasteiger partial charge in [0.15, 0.2) is 0 Å². The summed E-state index contributed by atoms with van der Waals surface area (Å²) < 4.78 is 39.3. The fraction of sp³-hybridized carbons (Fsp3) is 0.286. The number of hydrogen-bond donors (Lipinski definition) is 1. The van der Waals surface area contributed by atoms with Crippen molar-refractivity contribution in [2.75, 3.05) is 24.2 Å². The lowest BCUT2D eigenvalue weighted by atomic mass is 10.0. The van der Waals surface area contributed by atoms with Crippen molar-refractivity contribution in [2.45, 2.75) is 31.8 Å². The summed E-state index contributed by atoms with van der Waals surface area (Å²) in [5.41, 5.74) is 1.96. The number of carbonyl (C=O) groups is 2. The summed E-state index contributed by atoms with van der Waals surface area (Å²) >= 11 is 6.17. The van der Waals surface area contributed by atoms with Crippen molar-refractivity contribution in [2.24, 2.45) is 0 Å². The molecule has 0 saturated carbocycles. The van der Waals surface area contributed by atoms with Crippen LogP contribution < -0.4 is 9.62 Å². The Labute approximate surface area is 228 Å². The molecule has 0 bridgehead atoms. The minimum absolute atomic E-state index is 0.00390. The summed E-state index contributed by atoms with van der Waals surface area (Å²) in [5, 5.41) is 3.17. The molecule has 0 aliphatic heterocycles. The quantitative estimate of drug-likeness (QED) is 0.356. The monoisotopic (exact) mass is 559 g/mol. The number of hydrogen-bond acceptors (Lipinski definition) is 4. The molecule has 3 rings (SSSR count). The van der Waals surface area contributed by atoms with Crippen molar-refractivity contribution in [1.29, 1.82) is 0 Å². The molecule has 0 heterocycles. The van der Waals surface area contributed by atoms with Crippen molar-refractivity contribution in [3.63, 3.8) is 0 Å². The normalized spacial score (nSPS) is 12.0. The number of rotatable bonds is 12. The topological polar surface area (TPSA) is 86.8 Å². The SMILES string of the molecule is CNC(=O)[C@H](Cc1ccccc1)N(Cc1cccc(Cl)c1)C(=O)CCCN(c1ccc(F)cc1)S(C)(=O)=O. The molecule has 0 aliphatic rings. The summed E-state index contributed by atoms with van der Waals surface area (Å²) in [6.45, 7) is 0.169. The fourth-order valence-electron chi connectivity index (χ4n) is 4.16. The highest BCUT2D eigenvalue weighted by atomic mass is 35.5. The van der Waals surface area contributed by atoms with Crippen LogP contribution in [0, 0.1) is 5.82 Å². The molecule has 3 aromatic carbocycles. The van der Waals surface area contributed by atoms with E-state index in [1.54, 1.807) is 18.2 Å². The standard InChI is InChI=1S/C28H31ClFN3O4S/c1-31-28(35)26(19-21-8-4-3-5-9-21)32(20-22-10-6-11-23(29)18-22)27(34)12-7-17-33(38(2,36)37)25-15-13-24(30)14-16-25/h3-6,8-11,13-16,18,26H,7,12,17,19-20H2,1-2H3,(H,31,35)/t26-/m0/s1. The molecule has 0 unspecified atom stereocenters. The van der Waals surface area contributed by atoms with Crippen LogP contribution in [0.5, 0.6) is 0 Å². The highest BCUT2D eigenvalue weighted by Gasteiger charge is 2.30. The van der Waals surface area contributed by atoms with Gasteiger partial charge in [0.05, 0.1) is 11.9 Å². The predicted octanol–water partition coefficient (Wildman–Crippen LogP) is 4.41. The molecule has 0 saturated heterocycles. The van der Waals surface area contributed by atoms with Crippen LogP contribution in [0.2, 0.25) is 5.02 Å². The average molecular weight is 560 g/mol. The second-order valence-electron chi connectivity index (χ2n) is 8.89. The van der Waals surface area contributed by atoms with Gasteiger partial charge in [0, 0.05) is 38.0 Å². The van der Waals surface area contributed by atoms with E-state index in [9.17, 15) is 22.4 Å². The van der Waals surface area contributed by atoms with Gasteiger partial charge in [-0.05, 0) is 53.9 Å². The van der Waals surface area contributed by atoms with Gasteiger partial charge in [-0.1, -0.05) is 54.1 Å². The molecule has 202 valence electrons. The zero-order valence-corrected chi connectivity index (χ0v) is 22.9. The van der Waals surface area contributed by atoms with Gasteiger partial charge < -0.3 is 10.2 Å². The van der Waals surface area contributed by atoms with Gasteiger partial charge in [0.1, 0.15) is 11.9 Å². The zero-order chi connectivity index (χ0) is 27.7. The van der Waals surface area contributed by atoms with E-state index >= 15 is 0 Å². The molecule has 10 heteroatoms. The Balaban J connectivity index is 1.84. The molecule has 3 aromatic rings. The van der Waals surface area contributed by atoms with Crippen molar-refractivity contribution >= 4 is 39.1 Å². The number of halogens is 2. The molecular formula is C28H31ClFN3O4S. The molecule has 2 amide bonds. The smallest absolute Gasteiger partial charge is 0.242 e. The zero-order valence-electron chi connectivity index (χ0n) is 21.3. The number of carbonyl (C=O) groups excluding carboxylic acids is 2. The number of nitrogens with zero attached hydrogens (tertiary/aromatic N) is 2. The second kappa shape index (κ2) is 13.4. The van der Waals surface area contributed by atoms with Gasteiger partial charge in [-0.25, -0.2) is 12.8 Å². The summed E-state index contributed by atoms with van der Waals surface area (Å²) in [6, 6.07) is 20.8. The van der Waals surface area contributed by atoms with Crippen LogP contribution in [-0.2, 0) is 32.6 Å². The van der Waals surface area contributed by atoms with E-state index in [2.05, 4.69) is 5.32 Å². The van der Waals surface area contributed by atoms with Gasteiger partial charge in [0.25, 0.3) is 0 Å². The van der Waals surface area contributed by atoms with Gasteiger partial charge in [-0.2, -0.15) is 0 Å². The molecular weight excluding hydrogens is 529 g/mol. The number of amides is 2. The van der Waals surface area contributed by atoms with E-state index < -0.39 is 21.9 Å². The molecule has 0 aromatic heterocycles. The highest BCUT2D eigenvalue weighted by molar-refractivity contribution is 7.92. The van der Waals surface area contributed by atoms with Crippen LogP contribution in [0.15, 0.2) is 78.9 Å². The predicted molar refractivity (Wildman–Crippen MR) is 148 cm³/mol. The summed E-state index contributed by atoms with van der Waals surface area (Å²) in [4.78, 5) is 28.1. The summed E-state index contributed by atoms with van der Waals surface area (Å²) in [6.07, 6.45) is 1.56. The lowest BCUT2D eigenvalue weighted by Gasteiger charge is -2.31. The van der Waals surface area contributed by atoms with E-state index in [0.29, 0.717) is 17.1 Å². The molecule has 38 heavy (non-hydrogen) atoms.